The van der Waals surface area contributed by atoms with E-state index in [4.69, 9.17) is 0 Å². The highest BCUT2D eigenvalue weighted by molar-refractivity contribution is 7.79. The molecule has 0 nitrogen and oxygen atoms in total. The SMILES string of the molecule is CC(c1ccc(CS)cc1)C(c1ccc(CS)cc1)(c1ccc(CS)cc1)c1ccc(CS)cc1. The zero-order valence-electron chi connectivity index (χ0n) is 19.9. The van der Waals surface area contributed by atoms with Crippen LogP contribution >= 0.6 is 50.5 Å². The number of hydrogen-bond donors (Lipinski definition) is 4. The molecule has 0 radical (unpaired) electrons. The molecule has 4 heteroatoms. The van der Waals surface area contributed by atoms with Gasteiger partial charge in [-0.15, -0.1) is 0 Å². The van der Waals surface area contributed by atoms with E-state index in [0.717, 1.165) is 23.0 Å². The Morgan fingerprint density at radius 3 is 0.971 bits per heavy atom. The van der Waals surface area contributed by atoms with Gasteiger partial charge in [0.2, 0.25) is 0 Å². The van der Waals surface area contributed by atoms with E-state index in [2.05, 4.69) is 155 Å². The number of thiol groups is 4. The Morgan fingerprint density at radius 2 is 0.714 bits per heavy atom. The van der Waals surface area contributed by atoms with E-state index >= 15 is 0 Å². The first-order valence-corrected chi connectivity index (χ1v) is 14.4. The van der Waals surface area contributed by atoms with Gasteiger partial charge in [0.15, 0.2) is 0 Å². The van der Waals surface area contributed by atoms with Crippen molar-refractivity contribution in [2.75, 3.05) is 0 Å². The third-order valence-corrected chi connectivity index (χ3v) is 8.55. The highest BCUT2D eigenvalue weighted by Crippen LogP contribution is 2.50. The molecule has 0 aliphatic carbocycles. The molecule has 4 rings (SSSR count). The predicted molar refractivity (Wildman–Crippen MR) is 165 cm³/mol. The average Bonchev–Trinajstić information content (AvgIpc) is 2.94. The second-order valence-corrected chi connectivity index (χ2v) is 10.3. The smallest absolute Gasteiger partial charge is 0.0516 e. The lowest BCUT2D eigenvalue weighted by Crippen LogP contribution is -2.35. The Hall–Kier alpha value is -1.72. The van der Waals surface area contributed by atoms with E-state index in [1.807, 2.05) is 0 Å². The molecule has 0 heterocycles. The first-order chi connectivity index (χ1) is 17.1. The maximum Gasteiger partial charge on any atom is 0.0516 e. The third kappa shape index (κ3) is 5.36. The maximum atomic E-state index is 4.50. The minimum Gasteiger partial charge on any atom is -0.175 e. The van der Waals surface area contributed by atoms with Crippen molar-refractivity contribution < 1.29 is 0 Å². The monoisotopic (exact) mass is 532 g/mol. The molecule has 1 atom stereocenters. The summed E-state index contributed by atoms with van der Waals surface area (Å²) < 4.78 is 0. The zero-order chi connectivity index (χ0) is 24.8. The summed E-state index contributed by atoms with van der Waals surface area (Å²) in [6.45, 7) is 2.35. The molecule has 4 aromatic carbocycles. The Kier molecular flexibility index (Phi) is 9.04. The fraction of sp³-hybridized carbons (Fsp3) is 0.226. The van der Waals surface area contributed by atoms with Crippen molar-refractivity contribution in [1.82, 2.24) is 0 Å². The van der Waals surface area contributed by atoms with Crippen LogP contribution in [-0.4, -0.2) is 0 Å². The van der Waals surface area contributed by atoms with Crippen LogP contribution in [0.4, 0.5) is 0 Å². The van der Waals surface area contributed by atoms with Crippen LogP contribution in [0, 0.1) is 0 Å². The Labute approximate surface area is 232 Å². The highest BCUT2D eigenvalue weighted by atomic mass is 32.1. The normalized spacial score (nSPS) is 12.5. The van der Waals surface area contributed by atoms with E-state index in [0.29, 0.717) is 0 Å². The molecule has 0 saturated heterocycles. The van der Waals surface area contributed by atoms with Gasteiger partial charge in [0.1, 0.15) is 0 Å². The van der Waals surface area contributed by atoms with E-state index in [1.54, 1.807) is 0 Å². The molecule has 4 aromatic rings. The van der Waals surface area contributed by atoms with E-state index in [9.17, 15) is 0 Å². The highest BCUT2D eigenvalue weighted by Gasteiger charge is 2.42. The van der Waals surface area contributed by atoms with Gasteiger partial charge < -0.3 is 0 Å². The van der Waals surface area contributed by atoms with Crippen LogP contribution in [0.1, 0.15) is 57.3 Å². The fourth-order valence-corrected chi connectivity index (χ4v) is 5.87. The molecule has 0 aromatic heterocycles. The van der Waals surface area contributed by atoms with Crippen molar-refractivity contribution in [3.05, 3.63) is 142 Å². The summed E-state index contributed by atoms with van der Waals surface area (Å²) in [6, 6.07) is 35.8. The largest absolute Gasteiger partial charge is 0.175 e. The summed E-state index contributed by atoms with van der Waals surface area (Å²) in [5, 5.41) is 0. The summed E-state index contributed by atoms with van der Waals surface area (Å²) in [5.41, 5.74) is 9.59. The van der Waals surface area contributed by atoms with Gasteiger partial charge in [-0.3, -0.25) is 0 Å². The first-order valence-electron chi connectivity index (χ1n) is 11.9. The minimum absolute atomic E-state index is 0.169. The van der Waals surface area contributed by atoms with Crippen LogP contribution in [0.5, 0.6) is 0 Å². The van der Waals surface area contributed by atoms with Gasteiger partial charge in [0.05, 0.1) is 5.41 Å². The number of benzene rings is 4. The standard InChI is InChI=1S/C31H32S4/c1-22(27-10-2-23(18-32)3-11-27)31(28-12-4-24(19-33)5-13-28,29-14-6-25(20-34)7-15-29)30-16-8-26(21-35)9-17-30/h2-17,22,32-35H,18-21H2,1H3. The predicted octanol–water partition coefficient (Wildman–Crippen LogP) is 8.54. The molecule has 1 unspecified atom stereocenters. The third-order valence-electron chi connectivity index (χ3n) is 7.09. The van der Waals surface area contributed by atoms with Gasteiger partial charge in [-0.05, 0) is 50.4 Å². The van der Waals surface area contributed by atoms with Crippen LogP contribution in [0.2, 0.25) is 0 Å². The molecule has 0 amide bonds. The zero-order valence-corrected chi connectivity index (χ0v) is 23.5. The van der Waals surface area contributed by atoms with Gasteiger partial charge in [-0.25, -0.2) is 0 Å². The van der Waals surface area contributed by atoms with E-state index in [-0.39, 0.29) is 11.3 Å². The van der Waals surface area contributed by atoms with Gasteiger partial charge >= 0.3 is 0 Å². The minimum atomic E-state index is -0.387. The molecule has 0 saturated carbocycles. The maximum absolute atomic E-state index is 4.50. The molecular weight excluding hydrogens is 501 g/mol. The van der Waals surface area contributed by atoms with Crippen molar-refractivity contribution in [2.24, 2.45) is 0 Å². The molecule has 0 spiro atoms. The summed E-state index contributed by atoms with van der Waals surface area (Å²) in [5.74, 6) is 3.08. The lowest BCUT2D eigenvalue weighted by Gasteiger charge is -2.42. The van der Waals surface area contributed by atoms with Crippen LogP contribution in [-0.2, 0) is 28.4 Å². The molecular formula is C31H32S4. The fourth-order valence-electron chi connectivity index (χ4n) is 5.03. The van der Waals surface area contributed by atoms with Crippen LogP contribution in [0.3, 0.4) is 0 Å². The summed E-state index contributed by atoms with van der Waals surface area (Å²) >= 11 is 18.0. The quantitative estimate of drug-likeness (QED) is 0.120. The van der Waals surface area contributed by atoms with Gasteiger partial charge in [0.25, 0.3) is 0 Å². The van der Waals surface area contributed by atoms with Crippen LogP contribution in [0.25, 0.3) is 0 Å². The van der Waals surface area contributed by atoms with Crippen molar-refractivity contribution in [2.45, 2.75) is 41.3 Å². The lowest BCUT2D eigenvalue weighted by atomic mass is 9.60. The summed E-state index contributed by atoms with van der Waals surface area (Å²) in [4.78, 5) is 0. The Morgan fingerprint density at radius 1 is 0.457 bits per heavy atom. The summed E-state index contributed by atoms with van der Waals surface area (Å²) in [6.07, 6.45) is 0. The Balaban J connectivity index is 2.02. The second-order valence-electron chi connectivity index (χ2n) is 8.99. The van der Waals surface area contributed by atoms with Crippen molar-refractivity contribution in [3.63, 3.8) is 0 Å². The average molecular weight is 533 g/mol. The molecule has 0 aliphatic rings. The summed E-state index contributed by atoms with van der Waals surface area (Å²) in [7, 11) is 0. The van der Waals surface area contributed by atoms with Gasteiger partial charge in [-0.2, -0.15) is 50.5 Å². The van der Waals surface area contributed by atoms with Gasteiger partial charge in [0, 0.05) is 23.0 Å². The number of rotatable bonds is 9. The van der Waals surface area contributed by atoms with E-state index in [1.165, 1.54) is 44.5 Å². The molecule has 0 bridgehead atoms. The molecule has 35 heavy (non-hydrogen) atoms. The van der Waals surface area contributed by atoms with Gasteiger partial charge in [-0.1, -0.05) is 104 Å². The molecule has 0 N–H and O–H groups in total. The van der Waals surface area contributed by atoms with E-state index < -0.39 is 0 Å². The topological polar surface area (TPSA) is 0 Å². The van der Waals surface area contributed by atoms with Crippen LogP contribution in [0.15, 0.2) is 97.1 Å². The molecule has 0 aliphatic heterocycles. The Bertz CT molecular complexity index is 1100. The molecule has 180 valence electrons. The molecule has 0 fully saturated rings. The second kappa shape index (κ2) is 12.0. The number of hydrogen-bond acceptors (Lipinski definition) is 4. The van der Waals surface area contributed by atoms with Crippen molar-refractivity contribution in [3.8, 4) is 0 Å². The lowest BCUT2D eigenvalue weighted by molar-refractivity contribution is 0.510. The van der Waals surface area contributed by atoms with Crippen molar-refractivity contribution >= 4 is 50.5 Å². The van der Waals surface area contributed by atoms with Crippen molar-refractivity contribution in [1.29, 1.82) is 0 Å². The van der Waals surface area contributed by atoms with Crippen LogP contribution < -0.4 is 0 Å². The first kappa shape index (κ1) is 26.3.